The standard InChI is InChI=1S/C10H14FNO2/c11-7-3-9(7)4-10(6-13)2-1-8(14)12(10)5-9/h7,13H,1-6H2/t7-,9+,10+/m1/s1. The van der Waals surface area contributed by atoms with Crippen molar-refractivity contribution in [2.45, 2.75) is 37.4 Å². The first-order valence-electron chi connectivity index (χ1n) is 5.17. The highest BCUT2D eigenvalue weighted by molar-refractivity contribution is 5.80. The minimum atomic E-state index is -0.746. The van der Waals surface area contributed by atoms with Crippen molar-refractivity contribution >= 4 is 5.91 Å². The van der Waals surface area contributed by atoms with Crippen LogP contribution in [0.5, 0.6) is 0 Å². The third kappa shape index (κ3) is 0.829. The van der Waals surface area contributed by atoms with E-state index in [-0.39, 0.29) is 17.9 Å². The Morgan fingerprint density at radius 3 is 2.86 bits per heavy atom. The van der Waals surface area contributed by atoms with Crippen molar-refractivity contribution < 1.29 is 14.3 Å². The van der Waals surface area contributed by atoms with Crippen LogP contribution in [0.3, 0.4) is 0 Å². The third-order valence-corrected chi connectivity index (χ3v) is 4.22. The highest BCUT2D eigenvalue weighted by atomic mass is 19.1. The van der Waals surface area contributed by atoms with E-state index in [2.05, 4.69) is 0 Å². The molecule has 14 heavy (non-hydrogen) atoms. The fourth-order valence-corrected chi connectivity index (χ4v) is 3.20. The van der Waals surface area contributed by atoms with E-state index in [4.69, 9.17) is 0 Å². The van der Waals surface area contributed by atoms with Crippen LogP contribution < -0.4 is 0 Å². The summed E-state index contributed by atoms with van der Waals surface area (Å²) in [4.78, 5) is 13.3. The summed E-state index contributed by atoms with van der Waals surface area (Å²) in [5.74, 6) is 0.0926. The molecule has 4 heteroatoms. The number of aliphatic hydroxyl groups is 1. The lowest BCUT2D eigenvalue weighted by molar-refractivity contribution is -0.130. The molecule has 1 amide bonds. The van der Waals surface area contributed by atoms with Crippen LogP contribution in [0.15, 0.2) is 0 Å². The number of fused-ring (bicyclic) bond motifs is 1. The van der Waals surface area contributed by atoms with Gasteiger partial charge >= 0.3 is 0 Å². The number of carbonyl (C=O) groups is 1. The molecule has 1 saturated carbocycles. The van der Waals surface area contributed by atoms with Gasteiger partial charge in [0.1, 0.15) is 6.17 Å². The topological polar surface area (TPSA) is 40.5 Å². The summed E-state index contributed by atoms with van der Waals surface area (Å²) in [7, 11) is 0. The second kappa shape index (κ2) is 2.30. The summed E-state index contributed by atoms with van der Waals surface area (Å²) >= 11 is 0. The summed E-state index contributed by atoms with van der Waals surface area (Å²) in [6.07, 6.45) is 1.73. The lowest BCUT2D eigenvalue weighted by Crippen LogP contribution is -2.43. The lowest BCUT2D eigenvalue weighted by atomic mass is 9.89. The monoisotopic (exact) mass is 199 g/mol. The van der Waals surface area contributed by atoms with Crippen LogP contribution in [-0.4, -0.2) is 40.8 Å². The molecule has 0 radical (unpaired) electrons. The predicted molar refractivity (Wildman–Crippen MR) is 47.3 cm³/mol. The Kier molecular flexibility index (Phi) is 1.42. The molecule has 0 aromatic carbocycles. The number of carbonyl (C=O) groups excluding carboxylic acids is 1. The van der Waals surface area contributed by atoms with Crippen LogP contribution in [0, 0.1) is 5.41 Å². The highest BCUT2D eigenvalue weighted by Crippen LogP contribution is 2.62. The number of nitrogens with zero attached hydrogens (tertiary/aromatic N) is 1. The Morgan fingerprint density at radius 1 is 1.64 bits per heavy atom. The van der Waals surface area contributed by atoms with Gasteiger partial charge in [-0.15, -0.1) is 0 Å². The largest absolute Gasteiger partial charge is 0.394 e. The van der Waals surface area contributed by atoms with Crippen LogP contribution in [0.1, 0.15) is 25.7 Å². The van der Waals surface area contributed by atoms with E-state index >= 15 is 0 Å². The zero-order valence-corrected chi connectivity index (χ0v) is 8.00. The smallest absolute Gasteiger partial charge is 0.223 e. The zero-order valence-electron chi connectivity index (χ0n) is 8.00. The van der Waals surface area contributed by atoms with Gasteiger partial charge in [0.2, 0.25) is 5.91 Å². The Labute approximate surface area is 81.9 Å². The van der Waals surface area contributed by atoms with E-state index in [1.165, 1.54) is 0 Å². The van der Waals surface area contributed by atoms with Crippen molar-refractivity contribution in [2.24, 2.45) is 5.41 Å². The Balaban J connectivity index is 1.92. The molecule has 3 atom stereocenters. The second-order valence-electron chi connectivity index (χ2n) is 5.07. The maximum atomic E-state index is 13.2. The van der Waals surface area contributed by atoms with Gasteiger partial charge in [-0.2, -0.15) is 0 Å². The van der Waals surface area contributed by atoms with Crippen molar-refractivity contribution in [3.63, 3.8) is 0 Å². The quantitative estimate of drug-likeness (QED) is 0.667. The van der Waals surface area contributed by atoms with Crippen LogP contribution >= 0.6 is 0 Å². The normalized spacial score (nSPS) is 50.3. The molecule has 2 aliphatic heterocycles. The molecule has 3 fully saturated rings. The summed E-state index contributed by atoms with van der Waals surface area (Å²) in [6, 6.07) is 0. The summed E-state index contributed by atoms with van der Waals surface area (Å²) in [5, 5.41) is 9.37. The van der Waals surface area contributed by atoms with Crippen LogP contribution in [0.25, 0.3) is 0 Å². The molecule has 0 aromatic rings. The molecule has 0 unspecified atom stereocenters. The molecule has 1 aliphatic carbocycles. The summed E-state index contributed by atoms with van der Waals surface area (Å²) < 4.78 is 13.2. The van der Waals surface area contributed by atoms with Gasteiger partial charge in [0.05, 0.1) is 12.1 Å². The maximum absolute atomic E-state index is 13.2. The zero-order chi connectivity index (χ0) is 9.97. The molecule has 2 saturated heterocycles. The van der Waals surface area contributed by atoms with E-state index in [1.807, 2.05) is 0 Å². The van der Waals surface area contributed by atoms with Gasteiger partial charge < -0.3 is 10.0 Å². The number of hydrogen-bond acceptors (Lipinski definition) is 2. The van der Waals surface area contributed by atoms with Gasteiger partial charge in [-0.3, -0.25) is 4.79 Å². The number of amides is 1. The van der Waals surface area contributed by atoms with Crippen molar-refractivity contribution in [2.75, 3.05) is 13.2 Å². The average molecular weight is 199 g/mol. The first-order valence-corrected chi connectivity index (χ1v) is 5.17. The number of alkyl halides is 1. The highest BCUT2D eigenvalue weighted by Gasteiger charge is 2.67. The van der Waals surface area contributed by atoms with Crippen molar-refractivity contribution in [1.82, 2.24) is 4.90 Å². The minimum Gasteiger partial charge on any atom is -0.394 e. The molecule has 3 rings (SSSR count). The van der Waals surface area contributed by atoms with E-state index in [0.717, 1.165) is 0 Å². The van der Waals surface area contributed by atoms with Gasteiger partial charge in [-0.25, -0.2) is 4.39 Å². The van der Waals surface area contributed by atoms with Crippen LogP contribution in [-0.2, 0) is 4.79 Å². The molecule has 78 valence electrons. The SMILES string of the molecule is O=C1CC[C@@]2(CO)C[C@@]3(C[C@H]3F)CN12. The number of hydrogen-bond donors (Lipinski definition) is 1. The number of halogens is 1. The summed E-state index contributed by atoms with van der Waals surface area (Å²) in [5.41, 5.74) is -0.684. The predicted octanol–water partition coefficient (Wildman–Crippen LogP) is 0.472. The molecule has 2 heterocycles. The fraction of sp³-hybridized carbons (Fsp3) is 0.900. The van der Waals surface area contributed by atoms with E-state index < -0.39 is 11.7 Å². The molecule has 1 spiro atoms. The minimum absolute atomic E-state index is 0.00674. The van der Waals surface area contributed by atoms with Crippen LogP contribution in [0.4, 0.5) is 4.39 Å². The van der Waals surface area contributed by atoms with Gasteiger partial charge in [0, 0.05) is 18.4 Å². The first kappa shape index (κ1) is 8.65. The van der Waals surface area contributed by atoms with Gasteiger partial charge in [0.15, 0.2) is 0 Å². The van der Waals surface area contributed by atoms with Crippen molar-refractivity contribution in [1.29, 1.82) is 0 Å². The van der Waals surface area contributed by atoms with Gasteiger partial charge in [-0.05, 0) is 19.3 Å². The average Bonchev–Trinajstić information content (AvgIpc) is 2.55. The first-order chi connectivity index (χ1) is 6.62. The summed E-state index contributed by atoms with van der Waals surface area (Å²) in [6.45, 7) is 0.529. The van der Waals surface area contributed by atoms with Crippen molar-refractivity contribution in [3.8, 4) is 0 Å². The third-order valence-electron chi connectivity index (χ3n) is 4.22. The Hall–Kier alpha value is -0.640. The Morgan fingerprint density at radius 2 is 2.36 bits per heavy atom. The van der Waals surface area contributed by atoms with E-state index in [0.29, 0.717) is 32.2 Å². The van der Waals surface area contributed by atoms with E-state index in [9.17, 15) is 14.3 Å². The molecular weight excluding hydrogens is 185 g/mol. The Bertz CT molecular complexity index is 308. The van der Waals surface area contributed by atoms with Gasteiger partial charge in [0.25, 0.3) is 0 Å². The lowest BCUT2D eigenvalue weighted by Gasteiger charge is -2.29. The molecule has 0 aromatic heterocycles. The molecule has 3 nitrogen and oxygen atoms in total. The number of aliphatic hydroxyl groups excluding tert-OH is 1. The fourth-order valence-electron chi connectivity index (χ4n) is 3.20. The molecular formula is C10H14FNO2. The number of rotatable bonds is 1. The van der Waals surface area contributed by atoms with Crippen LogP contribution in [0.2, 0.25) is 0 Å². The second-order valence-corrected chi connectivity index (χ2v) is 5.07. The van der Waals surface area contributed by atoms with Crippen molar-refractivity contribution in [3.05, 3.63) is 0 Å². The molecule has 1 N–H and O–H groups in total. The molecule has 3 aliphatic rings. The molecule has 0 bridgehead atoms. The van der Waals surface area contributed by atoms with E-state index in [1.54, 1.807) is 4.90 Å². The van der Waals surface area contributed by atoms with Gasteiger partial charge in [-0.1, -0.05) is 0 Å². The maximum Gasteiger partial charge on any atom is 0.223 e.